The predicted molar refractivity (Wildman–Crippen MR) is 82.2 cm³/mol. The summed E-state index contributed by atoms with van der Waals surface area (Å²) in [6.45, 7) is 2.23. The molecule has 0 aliphatic heterocycles. The molecule has 0 saturated carbocycles. The highest BCUT2D eigenvalue weighted by Gasteiger charge is 2.03. The summed E-state index contributed by atoms with van der Waals surface area (Å²) in [6, 6.07) is 19.3. The maximum Gasteiger partial charge on any atom is 0.174 e. The molecule has 0 unspecified atom stereocenters. The van der Waals surface area contributed by atoms with Crippen LogP contribution in [0.2, 0.25) is 0 Å². The molecule has 1 heterocycles. The molecule has 0 fully saturated rings. The number of hydrogen-bond donors (Lipinski definition) is 0. The molecule has 0 aliphatic rings. The lowest BCUT2D eigenvalue weighted by Gasteiger charge is -2.06. The maximum absolute atomic E-state index is 8.81. The largest absolute Gasteiger partial charge is 0.486 e. The smallest absolute Gasteiger partial charge is 0.174 e. The normalized spacial score (nSPS) is 10.2. The first-order valence-electron chi connectivity index (χ1n) is 6.90. The van der Waals surface area contributed by atoms with Crippen LogP contribution in [0.15, 0.2) is 59.1 Å². The van der Waals surface area contributed by atoms with Crippen molar-refractivity contribution in [2.45, 2.75) is 13.5 Å². The first-order valence-corrected chi connectivity index (χ1v) is 6.90. The van der Waals surface area contributed by atoms with Crippen LogP contribution in [0, 0.1) is 18.3 Å². The lowest BCUT2D eigenvalue weighted by atomic mass is 10.0. The van der Waals surface area contributed by atoms with Crippen LogP contribution >= 0.6 is 0 Å². The van der Waals surface area contributed by atoms with Gasteiger partial charge in [-0.05, 0) is 42.3 Å². The minimum atomic E-state index is 0.358. The first-order chi connectivity index (χ1) is 10.7. The molecule has 0 atom stereocenters. The average Bonchev–Trinajstić information content (AvgIpc) is 2.99. The minimum absolute atomic E-state index is 0.358. The van der Waals surface area contributed by atoms with Gasteiger partial charge < -0.3 is 9.26 Å². The Labute approximate surface area is 128 Å². The Morgan fingerprint density at radius 1 is 1.05 bits per heavy atom. The van der Waals surface area contributed by atoms with Crippen LogP contribution in [-0.4, -0.2) is 5.16 Å². The Balaban J connectivity index is 1.68. The summed E-state index contributed by atoms with van der Waals surface area (Å²) in [5.74, 6) is 1.47. The van der Waals surface area contributed by atoms with Crippen LogP contribution in [0.25, 0.3) is 11.1 Å². The highest BCUT2D eigenvalue weighted by Crippen LogP contribution is 2.23. The third-order valence-electron chi connectivity index (χ3n) is 3.26. The molecule has 0 amide bonds. The number of benzene rings is 2. The molecule has 22 heavy (non-hydrogen) atoms. The number of nitrogens with zero attached hydrogens (tertiary/aromatic N) is 2. The van der Waals surface area contributed by atoms with Gasteiger partial charge in [0.05, 0.1) is 17.3 Å². The Morgan fingerprint density at radius 3 is 2.23 bits per heavy atom. The quantitative estimate of drug-likeness (QED) is 0.725. The zero-order chi connectivity index (χ0) is 15.4. The number of rotatable bonds is 4. The molecule has 0 saturated heterocycles. The van der Waals surface area contributed by atoms with E-state index in [1.165, 1.54) is 0 Å². The van der Waals surface area contributed by atoms with E-state index in [1.54, 1.807) is 0 Å². The molecule has 108 valence electrons. The van der Waals surface area contributed by atoms with Crippen molar-refractivity contribution in [1.29, 1.82) is 5.26 Å². The SMILES string of the molecule is Cc1cc(COc2ccc(-c3ccc(C#N)cc3)cc2)on1. The van der Waals surface area contributed by atoms with E-state index < -0.39 is 0 Å². The molecule has 0 bridgehead atoms. The van der Waals surface area contributed by atoms with Gasteiger partial charge in [0.2, 0.25) is 0 Å². The van der Waals surface area contributed by atoms with E-state index in [4.69, 9.17) is 14.5 Å². The molecular weight excluding hydrogens is 276 g/mol. The van der Waals surface area contributed by atoms with Crippen molar-refractivity contribution in [2.24, 2.45) is 0 Å². The molecule has 1 aromatic heterocycles. The van der Waals surface area contributed by atoms with Crippen molar-refractivity contribution in [3.05, 3.63) is 71.6 Å². The van der Waals surface area contributed by atoms with Gasteiger partial charge >= 0.3 is 0 Å². The van der Waals surface area contributed by atoms with E-state index in [-0.39, 0.29) is 0 Å². The van der Waals surface area contributed by atoms with Crippen molar-refractivity contribution >= 4 is 0 Å². The maximum atomic E-state index is 8.81. The fourth-order valence-electron chi connectivity index (χ4n) is 2.12. The minimum Gasteiger partial charge on any atom is -0.486 e. The van der Waals surface area contributed by atoms with E-state index in [0.29, 0.717) is 17.9 Å². The molecule has 4 heteroatoms. The fraction of sp³-hybridized carbons (Fsp3) is 0.111. The highest BCUT2D eigenvalue weighted by molar-refractivity contribution is 5.64. The van der Waals surface area contributed by atoms with Crippen LogP contribution in [0.1, 0.15) is 17.0 Å². The second kappa shape index (κ2) is 6.15. The van der Waals surface area contributed by atoms with E-state index in [9.17, 15) is 0 Å². The monoisotopic (exact) mass is 290 g/mol. The van der Waals surface area contributed by atoms with Crippen LogP contribution in [0.5, 0.6) is 5.75 Å². The standard InChI is InChI=1S/C18H14N2O2/c1-13-10-18(22-20-13)12-21-17-8-6-16(7-9-17)15-4-2-14(11-19)3-5-15/h2-10H,12H2,1H3. The number of aryl methyl sites for hydroxylation is 1. The summed E-state index contributed by atoms with van der Waals surface area (Å²) in [6.07, 6.45) is 0. The lowest BCUT2D eigenvalue weighted by Crippen LogP contribution is -1.93. The van der Waals surface area contributed by atoms with Gasteiger partial charge in [-0.1, -0.05) is 29.4 Å². The van der Waals surface area contributed by atoms with Crippen molar-refractivity contribution in [3.63, 3.8) is 0 Å². The van der Waals surface area contributed by atoms with E-state index in [2.05, 4.69) is 11.2 Å². The van der Waals surface area contributed by atoms with Gasteiger partial charge in [-0.3, -0.25) is 0 Å². The van der Waals surface area contributed by atoms with Crippen LogP contribution in [0.3, 0.4) is 0 Å². The third kappa shape index (κ3) is 3.15. The number of ether oxygens (including phenoxy) is 1. The topological polar surface area (TPSA) is 59.0 Å². The van der Waals surface area contributed by atoms with E-state index in [0.717, 1.165) is 22.6 Å². The fourth-order valence-corrected chi connectivity index (χ4v) is 2.12. The lowest BCUT2D eigenvalue weighted by molar-refractivity contribution is 0.249. The van der Waals surface area contributed by atoms with Gasteiger partial charge in [-0.25, -0.2) is 0 Å². The zero-order valence-electron chi connectivity index (χ0n) is 12.1. The number of aromatic nitrogens is 1. The summed E-state index contributed by atoms with van der Waals surface area (Å²) in [7, 11) is 0. The van der Waals surface area contributed by atoms with Crippen molar-refractivity contribution < 1.29 is 9.26 Å². The first kappa shape index (κ1) is 13.9. The van der Waals surface area contributed by atoms with Crippen LogP contribution in [0.4, 0.5) is 0 Å². The Kier molecular flexibility index (Phi) is 3.88. The second-order valence-corrected chi connectivity index (χ2v) is 4.94. The van der Waals surface area contributed by atoms with Gasteiger partial charge in [-0.15, -0.1) is 0 Å². The van der Waals surface area contributed by atoms with Gasteiger partial charge in [0, 0.05) is 6.07 Å². The van der Waals surface area contributed by atoms with Crippen molar-refractivity contribution in [1.82, 2.24) is 5.16 Å². The number of hydrogen-bond acceptors (Lipinski definition) is 4. The van der Waals surface area contributed by atoms with E-state index in [1.807, 2.05) is 61.5 Å². The third-order valence-corrected chi connectivity index (χ3v) is 3.26. The van der Waals surface area contributed by atoms with Gasteiger partial charge in [0.1, 0.15) is 12.4 Å². The zero-order valence-corrected chi connectivity index (χ0v) is 12.1. The molecule has 0 aliphatic carbocycles. The van der Waals surface area contributed by atoms with Gasteiger partial charge in [-0.2, -0.15) is 5.26 Å². The Morgan fingerprint density at radius 2 is 1.68 bits per heavy atom. The second-order valence-electron chi connectivity index (χ2n) is 4.94. The molecule has 0 radical (unpaired) electrons. The van der Waals surface area contributed by atoms with Crippen molar-refractivity contribution in [3.8, 4) is 22.9 Å². The Bertz CT molecular complexity index is 796. The molecule has 0 spiro atoms. The van der Waals surface area contributed by atoms with E-state index >= 15 is 0 Å². The van der Waals surface area contributed by atoms with Gasteiger partial charge in [0.25, 0.3) is 0 Å². The Hall–Kier alpha value is -3.06. The summed E-state index contributed by atoms with van der Waals surface area (Å²) in [5, 5.41) is 12.6. The molecule has 0 N–H and O–H groups in total. The van der Waals surface area contributed by atoms with Gasteiger partial charge in [0.15, 0.2) is 5.76 Å². The molecule has 2 aromatic carbocycles. The predicted octanol–water partition coefficient (Wildman–Crippen LogP) is 4.10. The summed E-state index contributed by atoms with van der Waals surface area (Å²) in [4.78, 5) is 0. The summed E-state index contributed by atoms with van der Waals surface area (Å²) >= 11 is 0. The molecule has 4 nitrogen and oxygen atoms in total. The number of nitriles is 1. The summed E-state index contributed by atoms with van der Waals surface area (Å²) in [5.41, 5.74) is 3.64. The van der Waals surface area contributed by atoms with Crippen LogP contribution in [-0.2, 0) is 6.61 Å². The summed E-state index contributed by atoms with van der Waals surface area (Å²) < 4.78 is 10.8. The molecule has 3 rings (SSSR count). The average molecular weight is 290 g/mol. The highest BCUT2D eigenvalue weighted by atomic mass is 16.5. The van der Waals surface area contributed by atoms with Crippen molar-refractivity contribution in [2.75, 3.05) is 0 Å². The molecular formula is C18H14N2O2. The molecule has 3 aromatic rings. The van der Waals surface area contributed by atoms with Crippen LogP contribution < -0.4 is 4.74 Å².